The predicted octanol–water partition coefficient (Wildman–Crippen LogP) is 2.24. The van der Waals surface area contributed by atoms with Crippen molar-refractivity contribution in [3.05, 3.63) is 48.0 Å². The number of carbonyl (C=O) groups is 2. The van der Waals surface area contributed by atoms with Crippen LogP contribution in [0.2, 0.25) is 0 Å². The zero-order chi connectivity index (χ0) is 14.1. The van der Waals surface area contributed by atoms with Crippen molar-refractivity contribution < 1.29 is 9.59 Å². The summed E-state index contributed by atoms with van der Waals surface area (Å²) in [6.07, 6.45) is 5.66. The second-order valence-corrected chi connectivity index (χ2v) is 6.90. The Balaban J connectivity index is 1.49. The molecule has 1 aliphatic heterocycles. The van der Waals surface area contributed by atoms with E-state index < -0.39 is 0 Å². The molecule has 106 valence electrons. The van der Waals surface area contributed by atoms with Crippen LogP contribution in [0.25, 0.3) is 0 Å². The molecule has 0 radical (unpaired) electrons. The minimum Gasteiger partial charge on any atom is -0.278 e. The van der Waals surface area contributed by atoms with Gasteiger partial charge >= 0.3 is 0 Å². The first kappa shape index (κ1) is 11.7. The summed E-state index contributed by atoms with van der Waals surface area (Å²) < 4.78 is 0. The first-order chi connectivity index (χ1) is 10.3. The monoisotopic (exact) mass is 279 g/mol. The molecule has 6 rings (SSSR count). The smallest absolute Gasteiger partial charge is 0.234 e. The highest BCUT2D eigenvalue weighted by molar-refractivity contribution is 6.06. The van der Waals surface area contributed by atoms with Crippen LogP contribution in [-0.4, -0.2) is 16.7 Å². The van der Waals surface area contributed by atoms with Crippen LogP contribution >= 0.6 is 0 Å². The Hall–Kier alpha value is -1.90. The number of likely N-dealkylation sites (tertiary alicyclic amines) is 1. The van der Waals surface area contributed by atoms with Crippen molar-refractivity contribution >= 4 is 11.8 Å². The van der Waals surface area contributed by atoms with Gasteiger partial charge in [-0.2, -0.15) is 0 Å². The molecule has 3 nitrogen and oxygen atoms in total. The van der Waals surface area contributed by atoms with E-state index in [2.05, 4.69) is 12.2 Å². The molecule has 2 amide bonds. The highest BCUT2D eigenvalue weighted by Gasteiger charge is 2.66. The fraction of sp³-hybridized carbons (Fsp3) is 0.444. The summed E-state index contributed by atoms with van der Waals surface area (Å²) in [6.45, 7) is 0.431. The van der Waals surface area contributed by atoms with Gasteiger partial charge in [0.05, 0.1) is 18.4 Å². The average Bonchev–Trinajstić information content (AvgIpc) is 3.30. The van der Waals surface area contributed by atoms with Gasteiger partial charge in [-0.05, 0) is 35.7 Å². The van der Waals surface area contributed by atoms with Crippen molar-refractivity contribution in [3.63, 3.8) is 0 Å². The Morgan fingerprint density at radius 3 is 2.05 bits per heavy atom. The zero-order valence-electron chi connectivity index (χ0n) is 11.7. The number of imide groups is 1. The third-order valence-electron chi connectivity index (χ3n) is 5.94. The molecule has 0 N–H and O–H groups in total. The molecule has 2 saturated carbocycles. The number of hydrogen-bond acceptors (Lipinski definition) is 2. The van der Waals surface area contributed by atoms with Crippen molar-refractivity contribution in [1.82, 2.24) is 4.90 Å². The molecule has 3 heteroatoms. The van der Waals surface area contributed by atoms with Gasteiger partial charge in [-0.25, -0.2) is 0 Å². The molecule has 0 unspecified atom stereocenters. The highest BCUT2D eigenvalue weighted by atomic mass is 16.2. The van der Waals surface area contributed by atoms with Crippen molar-refractivity contribution in [2.45, 2.75) is 13.0 Å². The topological polar surface area (TPSA) is 37.4 Å². The third-order valence-corrected chi connectivity index (χ3v) is 5.94. The van der Waals surface area contributed by atoms with E-state index in [4.69, 9.17) is 0 Å². The van der Waals surface area contributed by atoms with E-state index in [1.165, 1.54) is 11.3 Å². The van der Waals surface area contributed by atoms with E-state index in [-0.39, 0.29) is 23.7 Å². The Morgan fingerprint density at radius 2 is 1.48 bits per heavy atom. The van der Waals surface area contributed by atoms with E-state index in [0.29, 0.717) is 30.2 Å². The maximum atomic E-state index is 12.8. The van der Waals surface area contributed by atoms with Crippen LogP contribution in [-0.2, 0) is 16.1 Å². The summed E-state index contributed by atoms with van der Waals surface area (Å²) >= 11 is 0. The molecule has 2 bridgehead atoms. The molecular formula is C18H17NO2. The Morgan fingerprint density at radius 1 is 0.905 bits per heavy atom. The first-order valence-corrected chi connectivity index (χ1v) is 7.83. The predicted molar refractivity (Wildman–Crippen MR) is 76.7 cm³/mol. The van der Waals surface area contributed by atoms with Crippen LogP contribution in [0.3, 0.4) is 0 Å². The van der Waals surface area contributed by atoms with Gasteiger partial charge in [0.15, 0.2) is 0 Å². The second kappa shape index (κ2) is 3.85. The van der Waals surface area contributed by atoms with Crippen molar-refractivity contribution in [2.75, 3.05) is 0 Å². The lowest BCUT2D eigenvalue weighted by Gasteiger charge is -2.37. The normalized spacial score (nSPS) is 42.2. The number of rotatable bonds is 2. The molecule has 1 saturated heterocycles. The van der Waals surface area contributed by atoms with E-state index in [1.54, 1.807) is 0 Å². The van der Waals surface area contributed by atoms with Crippen LogP contribution in [0, 0.1) is 35.5 Å². The third kappa shape index (κ3) is 1.44. The van der Waals surface area contributed by atoms with E-state index in [0.717, 1.165) is 5.56 Å². The van der Waals surface area contributed by atoms with Crippen molar-refractivity contribution in [2.24, 2.45) is 35.5 Å². The summed E-state index contributed by atoms with van der Waals surface area (Å²) in [5.74, 6) is 1.99. The molecule has 0 spiro atoms. The largest absolute Gasteiger partial charge is 0.278 e. The van der Waals surface area contributed by atoms with Gasteiger partial charge in [0.25, 0.3) is 0 Å². The van der Waals surface area contributed by atoms with Gasteiger partial charge in [0, 0.05) is 0 Å². The lowest BCUT2D eigenvalue weighted by atomic mass is 9.63. The summed E-state index contributed by atoms with van der Waals surface area (Å²) in [5.41, 5.74) is 1.03. The second-order valence-electron chi connectivity index (χ2n) is 6.90. The average molecular weight is 279 g/mol. The lowest BCUT2D eigenvalue weighted by Crippen LogP contribution is -2.40. The van der Waals surface area contributed by atoms with Gasteiger partial charge < -0.3 is 0 Å². The van der Waals surface area contributed by atoms with Gasteiger partial charge in [-0.1, -0.05) is 42.5 Å². The number of hydrogen-bond donors (Lipinski definition) is 0. The van der Waals surface area contributed by atoms with Gasteiger partial charge in [0.1, 0.15) is 0 Å². The van der Waals surface area contributed by atoms with Crippen LogP contribution in [0.1, 0.15) is 12.0 Å². The van der Waals surface area contributed by atoms with Crippen LogP contribution in [0.4, 0.5) is 0 Å². The maximum absolute atomic E-state index is 12.8. The fourth-order valence-electron chi connectivity index (χ4n) is 4.94. The van der Waals surface area contributed by atoms with Gasteiger partial charge in [-0.3, -0.25) is 14.5 Å². The van der Waals surface area contributed by atoms with Crippen LogP contribution < -0.4 is 0 Å². The quantitative estimate of drug-likeness (QED) is 0.615. The van der Waals surface area contributed by atoms with E-state index in [1.807, 2.05) is 30.3 Å². The standard InChI is InChI=1S/C18H17NO2/c20-17-15-11-6-7-12(14-8-13(11)14)16(15)18(21)19(17)9-10-4-2-1-3-5-10/h1-7,11-16H,8-9H2/t11-,12-,13-,14+,15-,16-/m1/s1. The summed E-state index contributed by atoms with van der Waals surface area (Å²) in [4.78, 5) is 27.1. The fourth-order valence-corrected chi connectivity index (χ4v) is 4.94. The number of allylic oxidation sites excluding steroid dienone is 2. The Kier molecular flexibility index (Phi) is 2.15. The minimum atomic E-state index is -0.0695. The molecular weight excluding hydrogens is 262 g/mol. The molecule has 6 atom stereocenters. The van der Waals surface area contributed by atoms with Crippen LogP contribution in [0.5, 0.6) is 0 Å². The Labute approximate surface area is 123 Å². The summed E-state index contributed by atoms with van der Waals surface area (Å²) in [5, 5.41) is 0. The molecule has 5 aliphatic rings. The van der Waals surface area contributed by atoms with E-state index >= 15 is 0 Å². The number of benzene rings is 1. The van der Waals surface area contributed by atoms with Crippen molar-refractivity contribution in [1.29, 1.82) is 0 Å². The molecule has 3 fully saturated rings. The summed E-state index contributed by atoms with van der Waals surface area (Å²) in [7, 11) is 0. The molecule has 4 aliphatic carbocycles. The van der Waals surface area contributed by atoms with E-state index in [9.17, 15) is 9.59 Å². The lowest BCUT2D eigenvalue weighted by molar-refractivity contribution is -0.140. The molecule has 1 aromatic rings. The number of nitrogens with zero attached hydrogens (tertiary/aromatic N) is 1. The number of carbonyl (C=O) groups excluding carboxylic acids is 2. The maximum Gasteiger partial charge on any atom is 0.234 e. The summed E-state index contributed by atoms with van der Waals surface area (Å²) in [6, 6.07) is 9.82. The van der Waals surface area contributed by atoms with Crippen LogP contribution in [0.15, 0.2) is 42.5 Å². The molecule has 1 aromatic carbocycles. The highest BCUT2D eigenvalue weighted by Crippen LogP contribution is 2.65. The molecule has 1 heterocycles. The molecule has 0 aromatic heterocycles. The number of amides is 2. The molecule has 21 heavy (non-hydrogen) atoms. The van der Waals surface area contributed by atoms with Crippen molar-refractivity contribution in [3.8, 4) is 0 Å². The van der Waals surface area contributed by atoms with Gasteiger partial charge in [0.2, 0.25) is 11.8 Å². The minimum absolute atomic E-state index is 0.0681. The zero-order valence-corrected chi connectivity index (χ0v) is 11.7. The SMILES string of the molecule is O=C1[C@@H]2[C@@H]3C=C[C@H]([C@@H]4C[C@H]34)[C@H]2C(=O)N1Cc1ccccc1. The Bertz CT molecular complexity index is 629. The first-order valence-electron chi connectivity index (χ1n) is 7.83. The van der Waals surface area contributed by atoms with Gasteiger partial charge in [-0.15, -0.1) is 0 Å².